The molecule has 1 atom stereocenters. The Labute approximate surface area is 143 Å². The molecule has 25 heavy (non-hydrogen) atoms. The minimum atomic E-state index is -2.98. The number of aromatic nitrogens is 2. The molecule has 0 unspecified atom stereocenters. The fourth-order valence-electron chi connectivity index (χ4n) is 2.86. The number of rotatable bonds is 5. The molecular weight excluding hydrogens is 332 g/mol. The number of benzene rings is 1. The molecule has 8 heteroatoms. The highest BCUT2D eigenvalue weighted by Gasteiger charge is 2.49. The van der Waals surface area contributed by atoms with Crippen molar-refractivity contribution in [2.45, 2.75) is 38.3 Å². The van der Waals surface area contributed by atoms with Gasteiger partial charge in [-0.2, -0.15) is 0 Å². The van der Waals surface area contributed by atoms with Crippen molar-refractivity contribution in [3.05, 3.63) is 47.2 Å². The van der Waals surface area contributed by atoms with E-state index in [1.54, 1.807) is 0 Å². The van der Waals surface area contributed by atoms with E-state index in [0.29, 0.717) is 0 Å². The van der Waals surface area contributed by atoms with Crippen LogP contribution in [0.25, 0.3) is 0 Å². The van der Waals surface area contributed by atoms with E-state index in [0.717, 1.165) is 16.0 Å². The van der Waals surface area contributed by atoms with Crippen LogP contribution in [-0.2, 0) is 22.6 Å². The van der Waals surface area contributed by atoms with Crippen molar-refractivity contribution in [3.8, 4) is 0 Å². The number of hydrogen-bond donors (Lipinski definition) is 0. The van der Waals surface area contributed by atoms with Gasteiger partial charge in [0, 0.05) is 13.5 Å². The van der Waals surface area contributed by atoms with Crippen LogP contribution in [0.15, 0.2) is 28.7 Å². The van der Waals surface area contributed by atoms with Crippen LogP contribution in [0.1, 0.15) is 35.4 Å². The van der Waals surface area contributed by atoms with Crippen LogP contribution in [0, 0.1) is 6.92 Å². The van der Waals surface area contributed by atoms with Gasteiger partial charge in [-0.3, -0.25) is 4.79 Å². The highest BCUT2D eigenvalue weighted by molar-refractivity contribution is 5.79. The minimum absolute atomic E-state index is 0.0153. The fraction of sp³-hybridized carbons (Fsp3) is 0.471. The predicted octanol–water partition coefficient (Wildman–Crippen LogP) is 2.68. The van der Waals surface area contributed by atoms with Crippen LogP contribution >= 0.6 is 0 Å². The monoisotopic (exact) mass is 351 g/mol. The van der Waals surface area contributed by atoms with Crippen molar-refractivity contribution in [2.75, 3.05) is 13.7 Å². The van der Waals surface area contributed by atoms with Gasteiger partial charge in [0.25, 0.3) is 5.92 Å². The summed E-state index contributed by atoms with van der Waals surface area (Å²) in [5.74, 6) is -3.17. The maximum atomic E-state index is 13.9. The molecule has 2 aromatic rings. The number of hydrogen-bond acceptors (Lipinski definition) is 5. The molecule has 1 aliphatic rings. The van der Waals surface area contributed by atoms with Gasteiger partial charge in [0.05, 0.1) is 13.0 Å². The molecule has 0 aliphatic carbocycles. The summed E-state index contributed by atoms with van der Waals surface area (Å²) < 4.78 is 38.1. The molecule has 1 aliphatic heterocycles. The second-order valence-corrected chi connectivity index (χ2v) is 6.23. The Kier molecular flexibility index (Phi) is 4.80. The average Bonchev–Trinajstić information content (AvgIpc) is 3.14. The first-order chi connectivity index (χ1) is 11.9. The first-order valence-corrected chi connectivity index (χ1v) is 7.92. The summed E-state index contributed by atoms with van der Waals surface area (Å²) in [6.45, 7) is 1.38. The number of carbonyl (C=O) groups excluding carboxylic acids is 1. The lowest BCUT2D eigenvalue weighted by molar-refractivity contribution is -0.133. The second kappa shape index (κ2) is 6.87. The predicted molar refractivity (Wildman–Crippen MR) is 83.9 cm³/mol. The summed E-state index contributed by atoms with van der Waals surface area (Å²) in [5, 5.41) is 7.57. The molecule has 0 saturated carbocycles. The van der Waals surface area contributed by atoms with Crippen molar-refractivity contribution in [3.63, 3.8) is 0 Å². The first kappa shape index (κ1) is 17.5. The number of nitrogens with zero attached hydrogens (tertiary/aromatic N) is 3. The summed E-state index contributed by atoms with van der Waals surface area (Å²) >= 11 is 0. The third-order valence-electron chi connectivity index (χ3n) is 4.10. The van der Waals surface area contributed by atoms with Gasteiger partial charge < -0.3 is 14.1 Å². The molecule has 2 heterocycles. The van der Waals surface area contributed by atoms with Crippen LogP contribution < -0.4 is 0 Å². The van der Waals surface area contributed by atoms with Crippen molar-refractivity contribution >= 4 is 5.91 Å². The highest BCUT2D eigenvalue weighted by atomic mass is 19.3. The van der Waals surface area contributed by atoms with E-state index in [1.807, 2.05) is 31.2 Å². The molecular formula is C17H19F2N3O3. The zero-order valence-electron chi connectivity index (χ0n) is 14.0. The number of ether oxygens (including phenoxy) is 1. The smallest absolute Gasteiger partial charge is 0.267 e. The Hall–Kier alpha value is -2.35. The molecule has 0 radical (unpaired) electrons. The Morgan fingerprint density at radius 1 is 1.36 bits per heavy atom. The van der Waals surface area contributed by atoms with Gasteiger partial charge in [-0.1, -0.05) is 29.8 Å². The number of halogens is 2. The van der Waals surface area contributed by atoms with E-state index in [1.165, 1.54) is 7.11 Å². The fourth-order valence-corrected chi connectivity index (χ4v) is 2.86. The maximum Gasteiger partial charge on any atom is 0.267 e. The zero-order chi connectivity index (χ0) is 18.0. The summed E-state index contributed by atoms with van der Waals surface area (Å²) in [7, 11) is 1.46. The van der Waals surface area contributed by atoms with Crippen molar-refractivity contribution in [1.82, 2.24) is 15.1 Å². The number of methoxy groups -OCH3 is 1. The standard InChI is InChI=1S/C17H19F2N3O3/c1-11-3-5-12(6-4-11)7-15(23)22-10-17(18,19)8-13(22)16-21-20-14(25-16)9-24-2/h3-6,13H,7-10H2,1-2H3/t13-/m0/s1. The Morgan fingerprint density at radius 2 is 2.08 bits per heavy atom. The number of aryl methyl sites for hydroxylation is 1. The summed E-state index contributed by atoms with van der Waals surface area (Å²) in [4.78, 5) is 13.7. The Bertz CT molecular complexity index is 746. The lowest BCUT2D eigenvalue weighted by Gasteiger charge is -2.21. The van der Waals surface area contributed by atoms with Crippen molar-refractivity contribution in [2.24, 2.45) is 0 Å². The van der Waals surface area contributed by atoms with E-state index in [2.05, 4.69) is 10.2 Å². The van der Waals surface area contributed by atoms with Crippen LogP contribution in [0.3, 0.4) is 0 Å². The number of amides is 1. The van der Waals surface area contributed by atoms with E-state index in [-0.39, 0.29) is 24.8 Å². The minimum Gasteiger partial charge on any atom is -0.420 e. The lowest BCUT2D eigenvalue weighted by atomic mass is 10.1. The van der Waals surface area contributed by atoms with Crippen molar-refractivity contribution < 1.29 is 22.7 Å². The van der Waals surface area contributed by atoms with E-state index < -0.39 is 30.8 Å². The Morgan fingerprint density at radius 3 is 2.76 bits per heavy atom. The van der Waals surface area contributed by atoms with E-state index in [4.69, 9.17) is 9.15 Å². The Balaban J connectivity index is 1.78. The highest BCUT2D eigenvalue weighted by Crippen LogP contribution is 2.40. The van der Waals surface area contributed by atoms with Gasteiger partial charge in [-0.05, 0) is 12.5 Å². The lowest BCUT2D eigenvalue weighted by Crippen LogP contribution is -2.34. The van der Waals surface area contributed by atoms with Gasteiger partial charge in [0.2, 0.25) is 17.7 Å². The normalized spacial score (nSPS) is 19.4. The topological polar surface area (TPSA) is 68.5 Å². The van der Waals surface area contributed by atoms with Gasteiger partial charge >= 0.3 is 0 Å². The average molecular weight is 351 g/mol. The molecule has 1 saturated heterocycles. The number of carbonyl (C=O) groups is 1. The molecule has 0 N–H and O–H groups in total. The first-order valence-electron chi connectivity index (χ1n) is 7.92. The molecule has 1 fully saturated rings. The van der Waals surface area contributed by atoms with Crippen LogP contribution in [0.5, 0.6) is 0 Å². The third-order valence-corrected chi connectivity index (χ3v) is 4.10. The quantitative estimate of drug-likeness (QED) is 0.828. The van der Waals surface area contributed by atoms with Gasteiger partial charge in [0.1, 0.15) is 12.6 Å². The molecule has 1 amide bonds. The zero-order valence-corrected chi connectivity index (χ0v) is 14.0. The third kappa shape index (κ3) is 4.01. The molecule has 0 bridgehead atoms. The van der Waals surface area contributed by atoms with Crippen LogP contribution in [-0.4, -0.2) is 40.6 Å². The van der Waals surface area contributed by atoms with Crippen molar-refractivity contribution in [1.29, 1.82) is 0 Å². The summed E-state index contributed by atoms with van der Waals surface area (Å²) in [5.41, 5.74) is 1.84. The van der Waals surface area contributed by atoms with E-state index >= 15 is 0 Å². The maximum absolute atomic E-state index is 13.9. The van der Waals surface area contributed by atoms with Crippen LogP contribution in [0.2, 0.25) is 0 Å². The number of alkyl halides is 2. The molecule has 6 nitrogen and oxygen atoms in total. The summed E-state index contributed by atoms with van der Waals surface area (Å²) in [6, 6.07) is 6.48. The summed E-state index contributed by atoms with van der Waals surface area (Å²) in [6.07, 6.45) is -0.479. The number of likely N-dealkylation sites (tertiary alicyclic amines) is 1. The van der Waals surface area contributed by atoms with E-state index in [9.17, 15) is 13.6 Å². The largest absolute Gasteiger partial charge is 0.420 e. The second-order valence-electron chi connectivity index (χ2n) is 6.23. The van der Waals surface area contributed by atoms with Crippen LogP contribution in [0.4, 0.5) is 8.78 Å². The van der Waals surface area contributed by atoms with Gasteiger partial charge in [-0.15, -0.1) is 10.2 Å². The molecule has 3 rings (SSSR count). The SMILES string of the molecule is COCc1nnc([C@@H]2CC(F)(F)CN2C(=O)Cc2ccc(C)cc2)o1. The molecule has 0 spiro atoms. The molecule has 1 aromatic carbocycles. The van der Waals surface area contributed by atoms with Gasteiger partial charge in [0.15, 0.2) is 0 Å². The molecule has 134 valence electrons. The van der Waals surface area contributed by atoms with Gasteiger partial charge in [-0.25, -0.2) is 8.78 Å². The molecule has 1 aromatic heterocycles.